The molecule has 0 spiro atoms. The zero-order valence-electron chi connectivity index (χ0n) is 11.6. The maximum Gasteiger partial charge on any atom is 0.220 e. The van der Waals surface area contributed by atoms with E-state index >= 15 is 0 Å². The fraction of sp³-hybridized carbons (Fsp3) is 0.467. The number of amides is 1. The van der Waals surface area contributed by atoms with Crippen LogP contribution in [-0.4, -0.2) is 25.0 Å². The highest BCUT2D eigenvalue weighted by Gasteiger charge is 2.14. The molecule has 1 N–H and O–H groups in total. The van der Waals surface area contributed by atoms with Crippen molar-refractivity contribution >= 4 is 11.7 Å². The third kappa shape index (κ3) is 3.81. The van der Waals surface area contributed by atoms with E-state index in [9.17, 15) is 4.79 Å². The number of carbonyl (C=O) groups excluding carboxylic acids is 1. The van der Waals surface area contributed by atoms with E-state index in [1.807, 2.05) is 31.1 Å². The molecule has 1 aliphatic carbocycles. The van der Waals surface area contributed by atoms with Gasteiger partial charge in [-0.25, -0.2) is 4.98 Å². The molecule has 0 fully saturated rings. The lowest BCUT2D eigenvalue weighted by Crippen LogP contribution is -2.25. The van der Waals surface area contributed by atoms with Gasteiger partial charge in [0.15, 0.2) is 0 Å². The van der Waals surface area contributed by atoms with Crippen LogP contribution in [0.3, 0.4) is 0 Å². The Morgan fingerprint density at radius 2 is 2.37 bits per heavy atom. The van der Waals surface area contributed by atoms with E-state index < -0.39 is 0 Å². The van der Waals surface area contributed by atoms with Crippen LogP contribution in [0.5, 0.6) is 0 Å². The maximum atomic E-state index is 11.9. The molecule has 19 heavy (non-hydrogen) atoms. The van der Waals surface area contributed by atoms with Crippen LogP contribution >= 0.6 is 0 Å². The van der Waals surface area contributed by atoms with E-state index in [0.29, 0.717) is 18.9 Å². The molecule has 0 saturated heterocycles. The van der Waals surface area contributed by atoms with Crippen molar-refractivity contribution in [3.05, 3.63) is 36.0 Å². The van der Waals surface area contributed by atoms with Crippen molar-refractivity contribution in [3.63, 3.8) is 0 Å². The molecule has 4 heteroatoms. The van der Waals surface area contributed by atoms with E-state index in [2.05, 4.69) is 22.5 Å². The Morgan fingerprint density at radius 3 is 3.05 bits per heavy atom. The van der Waals surface area contributed by atoms with Crippen molar-refractivity contribution in [1.82, 2.24) is 10.3 Å². The second kappa shape index (κ2) is 6.36. The molecule has 1 aliphatic rings. The lowest BCUT2D eigenvalue weighted by atomic mass is 10.1. The van der Waals surface area contributed by atoms with Gasteiger partial charge >= 0.3 is 0 Å². The molecule has 102 valence electrons. The Balaban J connectivity index is 1.87. The molecule has 0 saturated carbocycles. The van der Waals surface area contributed by atoms with Crippen molar-refractivity contribution in [2.75, 3.05) is 19.0 Å². The highest BCUT2D eigenvalue weighted by atomic mass is 16.1. The Hall–Kier alpha value is -1.84. The fourth-order valence-corrected chi connectivity index (χ4v) is 2.34. The minimum absolute atomic E-state index is 0.116. The smallest absolute Gasteiger partial charge is 0.220 e. The number of rotatable bonds is 5. The van der Waals surface area contributed by atoms with Crippen LogP contribution in [0.1, 0.15) is 24.8 Å². The molecule has 0 unspecified atom stereocenters. The first-order valence-electron chi connectivity index (χ1n) is 6.71. The summed E-state index contributed by atoms with van der Waals surface area (Å²) in [4.78, 5) is 18.2. The topological polar surface area (TPSA) is 45.2 Å². The molecule has 1 atom stereocenters. The first-order chi connectivity index (χ1) is 9.16. The second-order valence-corrected chi connectivity index (χ2v) is 5.13. The molecule has 0 bridgehead atoms. The molecule has 0 radical (unpaired) electrons. The van der Waals surface area contributed by atoms with Gasteiger partial charge in [-0.05, 0) is 24.8 Å². The number of anilines is 1. The van der Waals surface area contributed by atoms with Crippen LogP contribution in [-0.2, 0) is 11.3 Å². The summed E-state index contributed by atoms with van der Waals surface area (Å²) < 4.78 is 0. The quantitative estimate of drug-likeness (QED) is 0.824. The third-order valence-electron chi connectivity index (χ3n) is 3.33. The van der Waals surface area contributed by atoms with Gasteiger partial charge in [-0.15, -0.1) is 0 Å². The lowest BCUT2D eigenvalue weighted by Gasteiger charge is -2.16. The standard InChI is InChI=1S/C15H21N3O/c1-18(2)15-13(8-5-9-16-15)11-17-14(19)10-12-6-3-4-7-12/h3,5-6,8-9,12H,4,7,10-11H2,1-2H3,(H,17,19)/t12-/m1/s1. The Labute approximate surface area is 114 Å². The average molecular weight is 259 g/mol. The molecule has 1 aromatic heterocycles. The van der Waals surface area contributed by atoms with Gasteiger partial charge in [-0.2, -0.15) is 0 Å². The van der Waals surface area contributed by atoms with Crippen LogP contribution in [0.2, 0.25) is 0 Å². The van der Waals surface area contributed by atoms with Crippen molar-refractivity contribution < 1.29 is 4.79 Å². The van der Waals surface area contributed by atoms with Gasteiger partial charge in [0.2, 0.25) is 5.91 Å². The van der Waals surface area contributed by atoms with Crippen molar-refractivity contribution in [2.24, 2.45) is 5.92 Å². The largest absolute Gasteiger partial charge is 0.362 e. The van der Waals surface area contributed by atoms with Gasteiger partial charge in [-0.1, -0.05) is 18.2 Å². The van der Waals surface area contributed by atoms with E-state index in [4.69, 9.17) is 0 Å². The molecule has 1 heterocycles. The maximum absolute atomic E-state index is 11.9. The molecule has 1 aromatic rings. The number of allylic oxidation sites excluding steroid dienone is 2. The first-order valence-corrected chi connectivity index (χ1v) is 6.71. The number of carbonyl (C=O) groups is 1. The van der Waals surface area contributed by atoms with Gasteiger partial charge in [-0.3, -0.25) is 4.79 Å². The highest BCUT2D eigenvalue weighted by molar-refractivity contribution is 5.76. The van der Waals surface area contributed by atoms with Crippen molar-refractivity contribution in [2.45, 2.75) is 25.8 Å². The van der Waals surface area contributed by atoms with Gasteiger partial charge in [0, 0.05) is 38.8 Å². The van der Waals surface area contributed by atoms with Crippen molar-refractivity contribution in [1.29, 1.82) is 0 Å². The summed E-state index contributed by atoms with van der Waals surface area (Å²) in [6, 6.07) is 3.90. The predicted octanol–water partition coefficient (Wildman–Crippen LogP) is 2.12. The molecule has 0 aromatic carbocycles. The summed E-state index contributed by atoms with van der Waals surface area (Å²) in [5.74, 6) is 1.44. The monoisotopic (exact) mass is 259 g/mol. The first kappa shape index (κ1) is 13.6. The van der Waals surface area contributed by atoms with Gasteiger partial charge < -0.3 is 10.2 Å². The van der Waals surface area contributed by atoms with Crippen LogP contribution in [0.15, 0.2) is 30.5 Å². The van der Waals surface area contributed by atoms with E-state index in [1.54, 1.807) is 6.20 Å². The predicted molar refractivity (Wildman–Crippen MR) is 76.9 cm³/mol. The molecule has 2 rings (SSSR count). The SMILES string of the molecule is CN(C)c1ncccc1CNC(=O)C[C@@H]1C=CCC1. The summed E-state index contributed by atoms with van der Waals surface area (Å²) in [6.07, 6.45) is 8.87. The van der Waals surface area contributed by atoms with Gasteiger partial charge in [0.05, 0.1) is 0 Å². The zero-order valence-corrected chi connectivity index (χ0v) is 11.6. The number of hydrogen-bond acceptors (Lipinski definition) is 3. The van der Waals surface area contributed by atoms with Crippen LogP contribution < -0.4 is 10.2 Å². The van der Waals surface area contributed by atoms with Crippen LogP contribution in [0, 0.1) is 5.92 Å². The number of pyridine rings is 1. The summed E-state index contributed by atoms with van der Waals surface area (Å²) in [5.41, 5.74) is 1.04. The summed E-state index contributed by atoms with van der Waals surface area (Å²) in [6.45, 7) is 0.538. The number of nitrogens with one attached hydrogen (secondary N) is 1. The summed E-state index contributed by atoms with van der Waals surface area (Å²) >= 11 is 0. The Bertz CT molecular complexity index is 468. The van der Waals surface area contributed by atoms with Gasteiger partial charge in [0.25, 0.3) is 0 Å². The van der Waals surface area contributed by atoms with Gasteiger partial charge in [0.1, 0.15) is 5.82 Å². The minimum atomic E-state index is 0.116. The highest BCUT2D eigenvalue weighted by Crippen LogP contribution is 2.20. The van der Waals surface area contributed by atoms with E-state index in [1.165, 1.54) is 0 Å². The van der Waals surface area contributed by atoms with Crippen LogP contribution in [0.4, 0.5) is 5.82 Å². The number of nitrogens with zero attached hydrogens (tertiary/aromatic N) is 2. The molecule has 4 nitrogen and oxygen atoms in total. The molecule has 1 amide bonds. The average Bonchev–Trinajstić information content (AvgIpc) is 2.89. The number of hydrogen-bond donors (Lipinski definition) is 1. The molecular weight excluding hydrogens is 238 g/mol. The van der Waals surface area contributed by atoms with E-state index in [-0.39, 0.29) is 5.91 Å². The zero-order chi connectivity index (χ0) is 13.7. The normalized spacial score (nSPS) is 17.5. The fourth-order valence-electron chi connectivity index (χ4n) is 2.34. The number of aromatic nitrogens is 1. The summed E-state index contributed by atoms with van der Waals surface area (Å²) in [5, 5.41) is 2.98. The molecule has 0 aliphatic heterocycles. The molecular formula is C15H21N3O. The third-order valence-corrected chi connectivity index (χ3v) is 3.33. The minimum Gasteiger partial charge on any atom is -0.362 e. The Morgan fingerprint density at radius 1 is 1.53 bits per heavy atom. The summed E-state index contributed by atoms with van der Waals surface area (Å²) in [7, 11) is 3.91. The van der Waals surface area contributed by atoms with Crippen molar-refractivity contribution in [3.8, 4) is 0 Å². The lowest BCUT2D eigenvalue weighted by molar-refractivity contribution is -0.121. The Kier molecular flexibility index (Phi) is 4.55. The van der Waals surface area contributed by atoms with E-state index in [0.717, 1.165) is 24.2 Å². The second-order valence-electron chi connectivity index (χ2n) is 5.13. The van der Waals surface area contributed by atoms with Crippen LogP contribution in [0.25, 0.3) is 0 Å².